The fourth-order valence-electron chi connectivity index (χ4n) is 1.21. The Labute approximate surface area is 81.4 Å². The minimum absolute atomic E-state index is 0.0461. The third kappa shape index (κ3) is 2.81. The fourth-order valence-corrected chi connectivity index (χ4v) is 1.21. The van der Waals surface area contributed by atoms with Crippen molar-refractivity contribution in [2.45, 2.75) is 18.9 Å². The Hall–Kier alpha value is -1.42. The molecule has 14 heavy (non-hydrogen) atoms. The number of halogens is 1. The van der Waals surface area contributed by atoms with E-state index >= 15 is 0 Å². The fraction of sp³-hybridized carbons (Fsp3) is 0.300. The Morgan fingerprint density at radius 2 is 2.14 bits per heavy atom. The molecule has 0 saturated carbocycles. The molecule has 0 radical (unpaired) electrons. The van der Waals surface area contributed by atoms with Crippen LogP contribution in [0.4, 0.5) is 4.39 Å². The van der Waals surface area contributed by atoms with Crippen LogP contribution in [0.2, 0.25) is 0 Å². The molecule has 4 heteroatoms. The summed E-state index contributed by atoms with van der Waals surface area (Å²) in [4.78, 5) is 10.3. The summed E-state index contributed by atoms with van der Waals surface area (Å²) in [5.74, 6) is -1.30. The van der Waals surface area contributed by atoms with E-state index in [2.05, 4.69) is 0 Å². The van der Waals surface area contributed by atoms with Crippen molar-refractivity contribution in [3.05, 3.63) is 35.6 Å². The summed E-state index contributed by atoms with van der Waals surface area (Å²) in [6.45, 7) is 0. The molecule has 1 unspecified atom stereocenters. The van der Waals surface area contributed by atoms with Gasteiger partial charge in [-0.15, -0.1) is 0 Å². The van der Waals surface area contributed by atoms with Gasteiger partial charge in [-0.3, -0.25) is 4.79 Å². The van der Waals surface area contributed by atoms with Gasteiger partial charge < -0.3 is 10.8 Å². The van der Waals surface area contributed by atoms with E-state index in [9.17, 15) is 9.18 Å². The first kappa shape index (κ1) is 10.7. The number of carboxylic acid groups (broad SMARTS) is 1. The molecule has 76 valence electrons. The topological polar surface area (TPSA) is 63.3 Å². The van der Waals surface area contributed by atoms with Gasteiger partial charge in [0.05, 0.1) is 0 Å². The van der Waals surface area contributed by atoms with Crippen molar-refractivity contribution >= 4 is 5.97 Å². The van der Waals surface area contributed by atoms with E-state index in [1.54, 1.807) is 18.2 Å². The summed E-state index contributed by atoms with van der Waals surface area (Å²) < 4.78 is 13.1. The van der Waals surface area contributed by atoms with Gasteiger partial charge in [-0.25, -0.2) is 4.39 Å². The van der Waals surface area contributed by atoms with Crippen LogP contribution in [0.25, 0.3) is 0 Å². The van der Waals surface area contributed by atoms with Gasteiger partial charge in [0.2, 0.25) is 0 Å². The van der Waals surface area contributed by atoms with Crippen LogP contribution in [0, 0.1) is 5.82 Å². The van der Waals surface area contributed by atoms with Crippen LogP contribution in [0.1, 0.15) is 24.4 Å². The van der Waals surface area contributed by atoms with Gasteiger partial charge in [-0.1, -0.05) is 18.2 Å². The summed E-state index contributed by atoms with van der Waals surface area (Å²) in [5, 5.41) is 8.43. The summed E-state index contributed by atoms with van der Waals surface area (Å²) in [5.41, 5.74) is 6.01. The van der Waals surface area contributed by atoms with Crippen LogP contribution in [0.3, 0.4) is 0 Å². The Morgan fingerprint density at radius 1 is 1.50 bits per heavy atom. The van der Waals surface area contributed by atoms with Crippen LogP contribution in [-0.2, 0) is 4.79 Å². The Morgan fingerprint density at radius 3 is 2.71 bits per heavy atom. The second-order valence-corrected chi connectivity index (χ2v) is 3.06. The van der Waals surface area contributed by atoms with Crippen LogP contribution in [0.15, 0.2) is 24.3 Å². The molecule has 0 heterocycles. The molecular formula is C10H12FNO2. The summed E-state index contributed by atoms with van der Waals surface area (Å²) in [6.07, 6.45) is 0.200. The van der Waals surface area contributed by atoms with Gasteiger partial charge >= 0.3 is 5.97 Å². The minimum Gasteiger partial charge on any atom is -0.481 e. The maximum atomic E-state index is 13.1. The van der Waals surface area contributed by atoms with Gasteiger partial charge in [0.1, 0.15) is 5.82 Å². The molecule has 3 nitrogen and oxygen atoms in total. The smallest absolute Gasteiger partial charge is 0.303 e. The van der Waals surface area contributed by atoms with Crippen molar-refractivity contribution in [3.63, 3.8) is 0 Å². The Kier molecular flexibility index (Phi) is 3.59. The molecule has 0 aliphatic carbocycles. The van der Waals surface area contributed by atoms with Crippen LogP contribution in [0.5, 0.6) is 0 Å². The predicted octanol–water partition coefficient (Wildman–Crippen LogP) is 1.69. The van der Waals surface area contributed by atoms with E-state index < -0.39 is 12.0 Å². The molecule has 0 amide bonds. The van der Waals surface area contributed by atoms with E-state index in [4.69, 9.17) is 10.8 Å². The lowest BCUT2D eigenvalue weighted by molar-refractivity contribution is -0.137. The van der Waals surface area contributed by atoms with Crippen molar-refractivity contribution in [1.82, 2.24) is 0 Å². The second kappa shape index (κ2) is 4.72. The van der Waals surface area contributed by atoms with Gasteiger partial charge in [-0.2, -0.15) is 0 Å². The third-order valence-electron chi connectivity index (χ3n) is 1.97. The number of rotatable bonds is 4. The van der Waals surface area contributed by atoms with Crippen molar-refractivity contribution in [2.75, 3.05) is 0 Å². The maximum Gasteiger partial charge on any atom is 0.303 e. The molecule has 1 rings (SSSR count). The molecular weight excluding hydrogens is 185 g/mol. The molecule has 1 aromatic carbocycles. The number of hydrogen-bond acceptors (Lipinski definition) is 2. The van der Waals surface area contributed by atoms with E-state index in [0.717, 1.165) is 0 Å². The van der Waals surface area contributed by atoms with Crippen molar-refractivity contribution < 1.29 is 14.3 Å². The molecule has 0 saturated heterocycles. The first-order valence-electron chi connectivity index (χ1n) is 4.33. The van der Waals surface area contributed by atoms with E-state index in [1.165, 1.54) is 6.07 Å². The number of hydrogen-bond donors (Lipinski definition) is 2. The second-order valence-electron chi connectivity index (χ2n) is 3.06. The Balaban J connectivity index is 2.65. The summed E-state index contributed by atoms with van der Waals surface area (Å²) in [7, 11) is 0. The number of carboxylic acids is 1. The molecule has 0 spiro atoms. The predicted molar refractivity (Wildman–Crippen MR) is 50.2 cm³/mol. The lowest BCUT2D eigenvalue weighted by Crippen LogP contribution is -2.13. The molecule has 0 fully saturated rings. The number of nitrogens with two attached hydrogens (primary N) is 1. The highest BCUT2D eigenvalue weighted by molar-refractivity contribution is 5.66. The van der Waals surface area contributed by atoms with Crippen molar-refractivity contribution in [3.8, 4) is 0 Å². The highest BCUT2D eigenvalue weighted by atomic mass is 19.1. The zero-order chi connectivity index (χ0) is 10.6. The van der Waals surface area contributed by atoms with E-state index in [0.29, 0.717) is 5.56 Å². The molecule has 1 atom stereocenters. The molecule has 1 aromatic rings. The molecule has 3 N–H and O–H groups in total. The molecule has 0 aliphatic heterocycles. The number of carbonyl (C=O) groups is 1. The first-order valence-corrected chi connectivity index (χ1v) is 4.33. The van der Waals surface area contributed by atoms with E-state index in [1.807, 2.05) is 0 Å². The lowest BCUT2D eigenvalue weighted by atomic mass is 10.0. The quantitative estimate of drug-likeness (QED) is 0.772. The van der Waals surface area contributed by atoms with Crippen LogP contribution in [-0.4, -0.2) is 11.1 Å². The summed E-state index contributed by atoms with van der Waals surface area (Å²) >= 11 is 0. The zero-order valence-corrected chi connectivity index (χ0v) is 7.61. The number of aliphatic carboxylic acids is 1. The monoisotopic (exact) mass is 197 g/mol. The SMILES string of the molecule is NC(CCC(=O)O)c1ccccc1F. The highest BCUT2D eigenvalue weighted by Crippen LogP contribution is 2.18. The van der Waals surface area contributed by atoms with Crippen LogP contribution >= 0.6 is 0 Å². The zero-order valence-electron chi connectivity index (χ0n) is 7.61. The average molecular weight is 197 g/mol. The molecule has 0 bridgehead atoms. The highest BCUT2D eigenvalue weighted by Gasteiger charge is 2.11. The lowest BCUT2D eigenvalue weighted by Gasteiger charge is -2.10. The van der Waals surface area contributed by atoms with Gasteiger partial charge in [0.25, 0.3) is 0 Å². The molecule has 0 aromatic heterocycles. The largest absolute Gasteiger partial charge is 0.481 e. The first-order chi connectivity index (χ1) is 6.61. The van der Waals surface area contributed by atoms with Crippen LogP contribution < -0.4 is 5.73 Å². The minimum atomic E-state index is -0.920. The third-order valence-corrected chi connectivity index (χ3v) is 1.97. The number of benzene rings is 1. The standard InChI is InChI=1S/C10H12FNO2/c11-8-4-2-1-3-7(8)9(12)5-6-10(13)14/h1-4,9H,5-6,12H2,(H,13,14). The van der Waals surface area contributed by atoms with Crippen molar-refractivity contribution in [1.29, 1.82) is 0 Å². The van der Waals surface area contributed by atoms with Gasteiger partial charge in [0.15, 0.2) is 0 Å². The van der Waals surface area contributed by atoms with Gasteiger partial charge in [-0.05, 0) is 12.5 Å². The normalized spacial score (nSPS) is 12.4. The van der Waals surface area contributed by atoms with Gasteiger partial charge in [0, 0.05) is 18.0 Å². The van der Waals surface area contributed by atoms with E-state index in [-0.39, 0.29) is 18.7 Å². The maximum absolute atomic E-state index is 13.1. The Bertz CT molecular complexity index is 328. The summed E-state index contributed by atoms with van der Waals surface area (Å²) in [6, 6.07) is 5.59. The van der Waals surface area contributed by atoms with Crippen molar-refractivity contribution in [2.24, 2.45) is 5.73 Å². The molecule has 0 aliphatic rings. The average Bonchev–Trinajstić information content (AvgIpc) is 2.15.